The number of ether oxygens (including phenoxy) is 1. The van der Waals surface area contributed by atoms with Gasteiger partial charge >= 0.3 is 5.97 Å². The molecule has 0 radical (unpaired) electrons. The predicted octanol–water partition coefficient (Wildman–Crippen LogP) is 3.25. The first-order valence-electron chi connectivity index (χ1n) is 10.5. The summed E-state index contributed by atoms with van der Waals surface area (Å²) < 4.78 is 12.8. The van der Waals surface area contributed by atoms with Gasteiger partial charge in [0.1, 0.15) is 5.76 Å². The number of aryl methyl sites for hydroxylation is 1. The number of anilines is 1. The van der Waals surface area contributed by atoms with Crippen LogP contribution in [-0.2, 0) is 16.1 Å². The molecule has 0 saturated carbocycles. The van der Waals surface area contributed by atoms with Gasteiger partial charge in [-0.2, -0.15) is 0 Å². The van der Waals surface area contributed by atoms with E-state index in [4.69, 9.17) is 9.15 Å². The molecule has 7 heteroatoms. The molecule has 1 aromatic carbocycles. The van der Waals surface area contributed by atoms with Gasteiger partial charge in [0.2, 0.25) is 0 Å². The van der Waals surface area contributed by atoms with Crippen LogP contribution in [0.1, 0.15) is 27.5 Å². The molecule has 0 N–H and O–H groups in total. The molecule has 31 heavy (non-hydrogen) atoms. The molecule has 1 aliphatic heterocycles. The van der Waals surface area contributed by atoms with Crippen molar-refractivity contribution in [2.75, 3.05) is 37.7 Å². The van der Waals surface area contributed by atoms with Crippen LogP contribution in [0.15, 0.2) is 59.2 Å². The Morgan fingerprint density at radius 2 is 1.74 bits per heavy atom. The second kappa shape index (κ2) is 9.12. The van der Waals surface area contributed by atoms with E-state index in [0.717, 1.165) is 35.9 Å². The number of esters is 1. The lowest BCUT2D eigenvalue weighted by molar-refractivity contribution is -0.134. The summed E-state index contributed by atoms with van der Waals surface area (Å²) in [6.07, 6.45) is 1.63. The van der Waals surface area contributed by atoms with Gasteiger partial charge in [-0.1, -0.05) is 18.2 Å². The summed E-state index contributed by atoms with van der Waals surface area (Å²) in [5.41, 5.74) is 3.36. The van der Waals surface area contributed by atoms with E-state index >= 15 is 0 Å². The Bertz CT molecular complexity index is 1030. The summed E-state index contributed by atoms with van der Waals surface area (Å²) in [4.78, 5) is 29.2. The van der Waals surface area contributed by atoms with Crippen LogP contribution in [0, 0.1) is 13.8 Å². The van der Waals surface area contributed by atoms with Crippen molar-refractivity contribution in [2.45, 2.75) is 20.4 Å². The summed E-state index contributed by atoms with van der Waals surface area (Å²) in [7, 11) is 0. The van der Waals surface area contributed by atoms with Crippen molar-refractivity contribution < 1.29 is 18.7 Å². The Hall–Kier alpha value is -3.48. The highest BCUT2D eigenvalue weighted by Crippen LogP contribution is 2.19. The highest BCUT2D eigenvalue weighted by Gasteiger charge is 2.23. The van der Waals surface area contributed by atoms with Crippen LogP contribution < -0.4 is 4.90 Å². The van der Waals surface area contributed by atoms with Crippen LogP contribution in [0.4, 0.5) is 5.69 Å². The van der Waals surface area contributed by atoms with Crippen molar-refractivity contribution in [1.29, 1.82) is 0 Å². The SMILES string of the molecule is Cc1cc(C(=O)OCC(=O)N2CCN(c3ccccc3)CC2)c(C)n1Cc1ccco1. The van der Waals surface area contributed by atoms with Crippen molar-refractivity contribution >= 4 is 17.6 Å². The standard InChI is InChI=1S/C24H27N3O4/c1-18-15-22(19(2)27(18)16-21-9-6-14-30-21)24(29)31-17-23(28)26-12-10-25(11-13-26)20-7-4-3-5-8-20/h3-9,14-15H,10-13,16-17H2,1-2H3. The number of furan rings is 1. The van der Waals surface area contributed by atoms with Crippen molar-refractivity contribution in [3.05, 3.63) is 77.5 Å². The van der Waals surface area contributed by atoms with Gasteiger partial charge in [0.15, 0.2) is 6.61 Å². The topological polar surface area (TPSA) is 67.9 Å². The van der Waals surface area contributed by atoms with Crippen LogP contribution in [0.2, 0.25) is 0 Å². The molecule has 1 aliphatic rings. The lowest BCUT2D eigenvalue weighted by atomic mass is 10.2. The van der Waals surface area contributed by atoms with Crippen molar-refractivity contribution in [1.82, 2.24) is 9.47 Å². The maximum absolute atomic E-state index is 12.6. The number of hydrogen-bond acceptors (Lipinski definition) is 5. The largest absolute Gasteiger partial charge is 0.467 e. The fourth-order valence-electron chi connectivity index (χ4n) is 3.96. The van der Waals surface area contributed by atoms with Gasteiger partial charge in [0.05, 0.1) is 18.4 Å². The monoisotopic (exact) mass is 421 g/mol. The van der Waals surface area contributed by atoms with E-state index in [1.165, 1.54) is 0 Å². The number of carbonyl (C=O) groups is 2. The van der Waals surface area contributed by atoms with Gasteiger partial charge in [0, 0.05) is 43.3 Å². The van der Waals surface area contributed by atoms with E-state index < -0.39 is 5.97 Å². The minimum absolute atomic E-state index is 0.162. The zero-order chi connectivity index (χ0) is 21.8. The van der Waals surface area contributed by atoms with Gasteiger partial charge < -0.3 is 23.5 Å². The summed E-state index contributed by atoms with van der Waals surface area (Å²) in [6.45, 7) is 6.86. The predicted molar refractivity (Wildman–Crippen MR) is 117 cm³/mol. The van der Waals surface area contributed by atoms with Crippen LogP contribution in [0.3, 0.4) is 0 Å². The third-order valence-corrected chi connectivity index (χ3v) is 5.77. The molecule has 0 aliphatic carbocycles. The van der Waals surface area contributed by atoms with Crippen molar-refractivity contribution in [2.24, 2.45) is 0 Å². The second-order valence-electron chi connectivity index (χ2n) is 7.73. The van der Waals surface area contributed by atoms with Crippen molar-refractivity contribution in [3.63, 3.8) is 0 Å². The Kier molecular flexibility index (Phi) is 6.11. The lowest BCUT2D eigenvalue weighted by Crippen LogP contribution is -2.49. The third kappa shape index (κ3) is 4.66. The lowest BCUT2D eigenvalue weighted by Gasteiger charge is -2.36. The van der Waals surface area contributed by atoms with E-state index in [9.17, 15) is 9.59 Å². The number of amides is 1. The molecular weight excluding hydrogens is 394 g/mol. The molecule has 3 aromatic rings. The van der Waals surface area contributed by atoms with Crippen LogP contribution in [-0.4, -0.2) is 54.1 Å². The fraction of sp³-hybridized carbons (Fsp3) is 0.333. The Balaban J connectivity index is 1.30. The molecule has 1 amide bonds. The maximum atomic E-state index is 12.6. The van der Waals surface area contributed by atoms with E-state index in [0.29, 0.717) is 25.2 Å². The summed E-state index contributed by atoms with van der Waals surface area (Å²) >= 11 is 0. The summed E-state index contributed by atoms with van der Waals surface area (Å²) in [5, 5.41) is 0. The van der Waals surface area contributed by atoms with E-state index in [1.807, 2.05) is 48.7 Å². The highest BCUT2D eigenvalue weighted by molar-refractivity contribution is 5.92. The zero-order valence-corrected chi connectivity index (χ0v) is 17.9. The highest BCUT2D eigenvalue weighted by atomic mass is 16.5. The maximum Gasteiger partial charge on any atom is 0.340 e. The molecule has 7 nitrogen and oxygen atoms in total. The van der Waals surface area contributed by atoms with Crippen LogP contribution >= 0.6 is 0 Å². The van der Waals surface area contributed by atoms with Gasteiger partial charge in [-0.3, -0.25) is 4.79 Å². The number of nitrogens with zero attached hydrogens (tertiary/aromatic N) is 3. The molecule has 3 heterocycles. The molecule has 0 atom stereocenters. The number of hydrogen-bond donors (Lipinski definition) is 0. The molecular formula is C24H27N3O4. The average molecular weight is 421 g/mol. The smallest absolute Gasteiger partial charge is 0.340 e. The number of piperazine rings is 1. The first-order valence-corrected chi connectivity index (χ1v) is 10.5. The van der Waals surface area contributed by atoms with E-state index in [2.05, 4.69) is 17.0 Å². The first-order chi connectivity index (χ1) is 15.0. The Labute approximate surface area is 181 Å². The number of carbonyl (C=O) groups excluding carboxylic acids is 2. The van der Waals surface area contributed by atoms with Crippen LogP contribution in [0.5, 0.6) is 0 Å². The van der Waals surface area contributed by atoms with E-state index in [1.54, 1.807) is 17.2 Å². The average Bonchev–Trinajstić information content (AvgIpc) is 3.42. The van der Waals surface area contributed by atoms with Gasteiger partial charge in [-0.15, -0.1) is 0 Å². The van der Waals surface area contributed by atoms with Crippen molar-refractivity contribution in [3.8, 4) is 0 Å². The summed E-state index contributed by atoms with van der Waals surface area (Å²) in [5.74, 6) is 0.173. The van der Waals surface area contributed by atoms with Gasteiger partial charge in [-0.25, -0.2) is 4.79 Å². The van der Waals surface area contributed by atoms with Gasteiger partial charge in [-0.05, 0) is 44.2 Å². The number of rotatable bonds is 6. The number of aromatic nitrogens is 1. The van der Waals surface area contributed by atoms with Gasteiger partial charge in [0.25, 0.3) is 5.91 Å². The molecule has 0 spiro atoms. The molecule has 4 rings (SSSR count). The quantitative estimate of drug-likeness (QED) is 0.572. The molecule has 2 aromatic heterocycles. The minimum atomic E-state index is -0.477. The molecule has 162 valence electrons. The minimum Gasteiger partial charge on any atom is -0.467 e. The number of benzene rings is 1. The molecule has 1 saturated heterocycles. The second-order valence-corrected chi connectivity index (χ2v) is 7.73. The first kappa shape index (κ1) is 20.8. The summed E-state index contributed by atoms with van der Waals surface area (Å²) in [6, 6.07) is 15.7. The molecule has 0 bridgehead atoms. The Morgan fingerprint density at radius 3 is 2.42 bits per heavy atom. The third-order valence-electron chi connectivity index (χ3n) is 5.77. The molecule has 0 unspecified atom stereocenters. The normalized spacial score (nSPS) is 14.0. The van der Waals surface area contributed by atoms with Crippen LogP contribution in [0.25, 0.3) is 0 Å². The van der Waals surface area contributed by atoms with E-state index in [-0.39, 0.29) is 12.5 Å². The Morgan fingerprint density at radius 1 is 1.00 bits per heavy atom. The molecule has 1 fully saturated rings. The zero-order valence-electron chi connectivity index (χ0n) is 17.9. The fourth-order valence-corrected chi connectivity index (χ4v) is 3.96. The number of para-hydroxylation sites is 1.